The number of halogens is 3. The third-order valence-electron chi connectivity index (χ3n) is 5.05. The molecule has 1 aliphatic rings. The quantitative estimate of drug-likeness (QED) is 0.524. The lowest BCUT2D eigenvalue weighted by atomic mass is 9.99. The minimum atomic E-state index is -1.17. The van der Waals surface area contributed by atoms with E-state index in [0.29, 0.717) is 35.4 Å². The van der Waals surface area contributed by atoms with Crippen LogP contribution in [0, 0.1) is 11.6 Å². The Morgan fingerprint density at radius 2 is 1.81 bits per heavy atom. The van der Waals surface area contributed by atoms with Gasteiger partial charge in [-0.2, -0.15) is 0 Å². The Morgan fingerprint density at radius 3 is 2.58 bits per heavy atom. The number of carbonyl (C=O) groups is 1. The summed E-state index contributed by atoms with van der Waals surface area (Å²) < 4.78 is 33.3. The molecule has 0 radical (unpaired) electrons. The normalized spacial score (nSPS) is 13.5. The van der Waals surface area contributed by atoms with E-state index in [2.05, 4.69) is 9.97 Å². The fourth-order valence-electron chi connectivity index (χ4n) is 3.60. The van der Waals surface area contributed by atoms with Crippen molar-refractivity contribution in [1.82, 2.24) is 9.97 Å². The van der Waals surface area contributed by atoms with Crippen LogP contribution in [0.2, 0.25) is 5.02 Å². The van der Waals surface area contributed by atoms with Gasteiger partial charge >= 0.3 is 5.97 Å². The molecule has 31 heavy (non-hydrogen) atoms. The van der Waals surface area contributed by atoms with Crippen LogP contribution in [-0.2, 0) is 6.61 Å². The minimum Gasteiger partial charge on any atom is -0.488 e. The molecule has 158 valence electrons. The van der Waals surface area contributed by atoms with E-state index in [9.17, 15) is 18.7 Å². The Morgan fingerprint density at radius 1 is 1.06 bits per heavy atom. The van der Waals surface area contributed by atoms with Crippen molar-refractivity contribution in [3.05, 3.63) is 88.0 Å². The van der Waals surface area contributed by atoms with Crippen LogP contribution in [0.25, 0.3) is 11.1 Å². The highest BCUT2D eigenvalue weighted by atomic mass is 35.5. The number of aromatic carboxylic acids is 1. The molecule has 0 saturated carbocycles. The number of aromatic nitrogens is 2. The van der Waals surface area contributed by atoms with E-state index in [0.717, 1.165) is 17.6 Å². The second-order valence-corrected chi connectivity index (χ2v) is 7.48. The summed E-state index contributed by atoms with van der Waals surface area (Å²) in [5.41, 5.74) is 3.09. The van der Waals surface area contributed by atoms with E-state index in [4.69, 9.17) is 16.3 Å². The van der Waals surface area contributed by atoms with Crippen molar-refractivity contribution in [2.45, 2.75) is 25.9 Å². The molecule has 1 heterocycles. The molecule has 1 N–H and O–H groups in total. The van der Waals surface area contributed by atoms with Crippen LogP contribution in [0.5, 0.6) is 5.75 Å². The molecule has 1 aromatic heterocycles. The summed E-state index contributed by atoms with van der Waals surface area (Å²) in [4.78, 5) is 19.4. The van der Waals surface area contributed by atoms with Crippen LogP contribution in [0.3, 0.4) is 0 Å². The van der Waals surface area contributed by atoms with Gasteiger partial charge in [0.25, 0.3) is 0 Å². The van der Waals surface area contributed by atoms with Gasteiger partial charge in [0.1, 0.15) is 24.0 Å². The number of benzene rings is 2. The molecule has 1 aliphatic carbocycles. The number of nitrogens with zero attached hydrogens (tertiary/aromatic N) is 2. The highest BCUT2D eigenvalue weighted by Gasteiger charge is 2.23. The second kappa shape index (κ2) is 8.81. The van der Waals surface area contributed by atoms with Crippen molar-refractivity contribution >= 4 is 28.7 Å². The smallest absolute Gasteiger partial charge is 0.356 e. The van der Waals surface area contributed by atoms with E-state index in [1.165, 1.54) is 48.8 Å². The fraction of sp³-hybridized carbons (Fsp3) is 0.174. The molecule has 0 saturated heterocycles. The molecule has 2 aromatic carbocycles. The molecule has 0 spiro atoms. The summed E-state index contributed by atoms with van der Waals surface area (Å²) in [5.74, 6) is -1.59. The maximum atomic E-state index is 14.1. The van der Waals surface area contributed by atoms with Gasteiger partial charge in [-0.1, -0.05) is 17.7 Å². The lowest BCUT2D eigenvalue weighted by Crippen LogP contribution is -2.04. The van der Waals surface area contributed by atoms with Crippen LogP contribution < -0.4 is 4.74 Å². The Labute approximate surface area is 182 Å². The average Bonchev–Trinajstić information content (AvgIpc) is 3.23. The summed E-state index contributed by atoms with van der Waals surface area (Å²) >= 11 is 6.08. The lowest BCUT2D eigenvalue weighted by Gasteiger charge is -2.15. The summed E-state index contributed by atoms with van der Waals surface area (Å²) in [6.07, 6.45) is 4.82. The van der Waals surface area contributed by atoms with Crippen LogP contribution >= 0.6 is 11.6 Å². The van der Waals surface area contributed by atoms with Gasteiger partial charge in [0.15, 0.2) is 5.69 Å². The zero-order chi connectivity index (χ0) is 22.0. The predicted molar refractivity (Wildman–Crippen MR) is 112 cm³/mol. The summed E-state index contributed by atoms with van der Waals surface area (Å²) in [7, 11) is 0. The number of carboxylic acid groups (broad SMARTS) is 1. The highest BCUT2D eigenvalue weighted by molar-refractivity contribution is 6.31. The number of hydrogen-bond donors (Lipinski definition) is 1. The molecule has 0 fully saturated rings. The Kier molecular flexibility index (Phi) is 5.95. The summed E-state index contributed by atoms with van der Waals surface area (Å²) in [6, 6.07) is 8.25. The van der Waals surface area contributed by atoms with E-state index < -0.39 is 17.6 Å². The van der Waals surface area contributed by atoms with Crippen LogP contribution in [0.15, 0.2) is 48.8 Å². The number of hydrogen-bond acceptors (Lipinski definition) is 4. The minimum absolute atomic E-state index is 0.0780. The molecule has 3 aromatic rings. The maximum absolute atomic E-state index is 14.1. The molecule has 0 aliphatic heterocycles. The van der Waals surface area contributed by atoms with Crippen molar-refractivity contribution in [2.24, 2.45) is 0 Å². The standard InChI is InChI=1S/C23H17ClF2N2O3/c24-19-9-15(26)5-4-13(19)12-31-22-7-6-14(25)8-18(22)16-2-1-3-17(16)20-10-27-11-21(28-20)23(29)30/h4-11H,1-3,12H2,(H,29,30). The Balaban J connectivity index is 1.71. The van der Waals surface area contributed by atoms with E-state index in [1.807, 2.05) is 0 Å². The molecular formula is C23H17ClF2N2O3. The van der Waals surface area contributed by atoms with Crippen molar-refractivity contribution in [2.75, 3.05) is 0 Å². The predicted octanol–water partition coefficient (Wildman–Crippen LogP) is 5.78. The van der Waals surface area contributed by atoms with Gasteiger partial charge in [-0.15, -0.1) is 0 Å². The maximum Gasteiger partial charge on any atom is 0.356 e. The van der Waals surface area contributed by atoms with Crippen LogP contribution in [-0.4, -0.2) is 21.0 Å². The monoisotopic (exact) mass is 442 g/mol. The second-order valence-electron chi connectivity index (χ2n) is 7.07. The number of ether oxygens (including phenoxy) is 1. The van der Waals surface area contributed by atoms with E-state index >= 15 is 0 Å². The molecule has 0 atom stereocenters. The largest absolute Gasteiger partial charge is 0.488 e. The SMILES string of the molecule is O=C(O)c1cncc(C2=C(c3cc(F)ccc3OCc3ccc(F)cc3Cl)CCC2)n1. The summed E-state index contributed by atoms with van der Waals surface area (Å²) in [6.45, 7) is 0.0780. The first-order chi connectivity index (χ1) is 14.9. The van der Waals surface area contributed by atoms with Gasteiger partial charge in [0, 0.05) is 11.1 Å². The third-order valence-corrected chi connectivity index (χ3v) is 5.40. The zero-order valence-corrected chi connectivity index (χ0v) is 17.0. The summed E-state index contributed by atoms with van der Waals surface area (Å²) in [5, 5.41) is 9.45. The molecule has 8 heteroatoms. The van der Waals surface area contributed by atoms with Crippen LogP contribution in [0.1, 0.15) is 46.6 Å². The lowest BCUT2D eigenvalue weighted by molar-refractivity contribution is 0.0690. The molecule has 0 amide bonds. The Bertz CT molecular complexity index is 1200. The third kappa shape index (κ3) is 4.56. The molecule has 5 nitrogen and oxygen atoms in total. The first kappa shape index (κ1) is 20.9. The first-order valence-corrected chi connectivity index (χ1v) is 9.94. The molecule has 0 bridgehead atoms. The van der Waals surface area contributed by atoms with Gasteiger partial charge in [-0.3, -0.25) is 4.98 Å². The van der Waals surface area contributed by atoms with Gasteiger partial charge in [-0.25, -0.2) is 18.6 Å². The number of carboxylic acids is 1. The van der Waals surface area contributed by atoms with Crippen molar-refractivity contribution in [3.8, 4) is 5.75 Å². The van der Waals surface area contributed by atoms with Gasteiger partial charge in [0.2, 0.25) is 0 Å². The van der Waals surface area contributed by atoms with Crippen molar-refractivity contribution in [1.29, 1.82) is 0 Å². The molecule has 0 unspecified atom stereocenters. The van der Waals surface area contributed by atoms with Gasteiger partial charge in [0.05, 0.1) is 23.1 Å². The number of rotatable bonds is 6. The first-order valence-electron chi connectivity index (χ1n) is 9.57. The number of allylic oxidation sites excluding steroid dienone is 2. The van der Waals surface area contributed by atoms with Gasteiger partial charge < -0.3 is 9.84 Å². The van der Waals surface area contributed by atoms with E-state index in [-0.39, 0.29) is 17.3 Å². The fourth-order valence-corrected chi connectivity index (χ4v) is 3.82. The van der Waals surface area contributed by atoms with Gasteiger partial charge in [-0.05, 0) is 60.7 Å². The molecule has 4 rings (SSSR count). The molecular weight excluding hydrogens is 426 g/mol. The van der Waals surface area contributed by atoms with E-state index in [1.54, 1.807) is 0 Å². The highest BCUT2D eigenvalue weighted by Crippen LogP contribution is 2.42. The van der Waals surface area contributed by atoms with Crippen molar-refractivity contribution < 1.29 is 23.4 Å². The zero-order valence-electron chi connectivity index (χ0n) is 16.2. The van der Waals surface area contributed by atoms with Crippen molar-refractivity contribution in [3.63, 3.8) is 0 Å². The average molecular weight is 443 g/mol. The Hall–Kier alpha value is -3.32. The van der Waals surface area contributed by atoms with Crippen LogP contribution in [0.4, 0.5) is 8.78 Å². The topological polar surface area (TPSA) is 72.3 Å².